The fourth-order valence-electron chi connectivity index (χ4n) is 5.51. The summed E-state index contributed by atoms with van der Waals surface area (Å²) >= 11 is 3.61. The van der Waals surface area contributed by atoms with Crippen LogP contribution in [0.1, 0.15) is 23.6 Å². The average molecular weight is 436 g/mol. The zero-order chi connectivity index (χ0) is 19.5. The molecule has 2 N–H and O–H groups in total. The molecule has 0 radical (unpaired) electrons. The van der Waals surface area contributed by atoms with E-state index in [1.165, 1.54) is 0 Å². The van der Waals surface area contributed by atoms with Crippen LogP contribution in [0.4, 0.5) is 0 Å². The van der Waals surface area contributed by atoms with E-state index in [1.807, 2.05) is 19.2 Å². The summed E-state index contributed by atoms with van der Waals surface area (Å²) < 4.78 is 6.47. The van der Waals surface area contributed by atoms with Gasteiger partial charge in [-0.05, 0) is 37.6 Å². The molecule has 3 aliphatic rings. The first-order valence-electron chi connectivity index (χ1n) is 9.02. The van der Waals surface area contributed by atoms with Crippen molar-refractivity contribution in [2.75, 3.05) is 20.8 Å². The van der Waals surface area contributed by atoms with E-state index in [-0.39, 0.29) is 24.7 Å². The number of methoxy groups -OCH3 is 1. The number of halogens is 1. The van der Waals surface area contributed by atoms with Crippen molar-refractivity contribution in [2.24, 2.45) is 5.92 Å². The Labute approximate surface area is 166 Å². The summed E-state index contributed by atoms with van der Waals surface area (Å²) in [5.41, 5.74) is 1.91. The number of aliphatic hydroxyl groups is 1. The SMILES string of the molecule is COc1ccc(Br)c2c1[C@H](CO)N1C(C#N)[C@@H]3C[C@@H](C(=O)O)[C@H]([C@@H]1C2)N3C. The minimum atomic E-state index is -0.816. The quantitative estimate of drug-likeness (QED) is 0.740. The molecule has 144 valence electrons. The number of aliphatic carboxylic acids is 1. The summed E-state index contributed by atoms with van der Waals surface area (Å²) in [6.07, 6.45) is 1.06. The molecule has 0 saturated carbocycles. The lowest BCUT2D eigenvalue weighted by Crippen LogP contribution is -2.67. The fourth-order valence-corrected chi connectivity index (χ4v) is 6.01. The van der Waals surface area contributed by atoms with Crippen LogP contribution in [0, 0.1) is 17.2 Å². The van der Waals surface area contributed by atoms with E-state index in [0.717, 1.165) is 15.6 Å². The third-order valence-corrected chi connectivity index (χ3v) is 7.32. The summed E-state index contributed by atoms with van der Waals surface area (Å²) in [5, 5.41) is 30.0. The third kappa shape index (κ3) is 2.53. The summed E-state index contributed by atoms with van der Waals surface area (Å²) in [4.78, 5) is 16.0. The molecular weight excluding hydrogens is 414 g/mol. The van der Waals surface area contributed by atoms with Crippen molar-refractivity contribution >= 4 is 21.9 Å². The number of hydrogen-bond donors (Lipinski definition) is 2. The topological polar surface area (TPSA) is 97.0 Å². The Hall–Kier alpha value is -1.66. The second-order valence-corrected chi connectivity index (χ2v) is 8.39. The average Bonchev–Trinajstić information content (AvgIpc) is 2.91. The van der Waals surface area contributed by atoms with Crippen molar-refractivity contribution in [3.8, 4) is 11.8 Å². The van der Waals surface area contributed by atoms with Gasteiger partial charge < -0.3 is 14.9 Å². The molecule has 3 aliphatic heterocycles. The van der Waals surface area contributed by atoms with Crippen molar-refractivity contribution in [1.29, 1.82) is 5.26 Å². The second kappa shape index (κ2) is 6.74. The highest BCUT2D eigenvalue weighted by atomic mass is 79.9. The highest BCUT2D eigenvalue weighted by molar-refractivity contribution is 9.10. The molecule has 1 unspecified atom stereocenters. The molecule has 2 fully saturated rings. The van der Waals surface area contributed by atoms with Crippen LogP contribution in [0.15, 0.2) is 16.6 Å². The lowest BCUT2D eigenvalue weighted by Gasteiger charge is -2.54. The zero-order valence-electron chi connectivity index (χ0n) is 15.2. The molecule has 2 saturated heterocycles. The van der Waals surface area contributed by atoms with E-state index in [2.05, 4.69) is 31.8 Å². The number of aliphatic hydroxyl groups excluding tert-OH is 1. The smallest absolute Gasteiger partial charge is 0.308 e. The van der Waals surface area contributed by atoms with Crippen LogP contribution in [0.5, 0.6) is 5.75 Å². The molecular formula is C19H22BrN3O4. The molecule has 1 aromatic carbocycles. The van der Waals surface area contributed by atoms with Gasteiger partial charge in [-0.15, -0.1) is 0 Å². The van der Waals surface area contributed by atoms with Crippen LogP contribution < -0.4 is 4.74 Å². The largest absolute Gasteiger partial charge is 0.496 e. The van der Waals surface area contributed by atoms with Crippen LogP contribution in [-0.4, -0.2) is 70.9 Å². The molecule has 0 spiro atoms. The van der Waals surface area contributed by atoms with Gasteiger partial charge in [0.05, 0.1) is 31.7 Å². The molecule has 8 heteroatoms. The number of fused-ring (bicyclic) bond motifs is 5. The highest BCUT2D eigenvalue weighted by Crippen LogP contribution is 2.50. The molecule has 2 bridgehead atoms. The number of hydrogen-bond acceptors (Lipinski definition) is 6. The van der Waals surface area contributed by atoms with E-state index in [9.17, 15) is 20.3 Å². The molecule has 0 amide bonds. The van der Waals surface area contributed by atoms with Gasteiger partial charge in [0.1, 0.15) is 11.8 Å². The van der Waals surface area contributed by atoms with Crippen LogP contribution in [0.3, 0.4) is 0 Å². The summed E-state index contributed by atoms with van der Waals surface area (Å²) in [6.45, 7) is -0.157. The minimum absolute atomic E-state index is 0.157. The Morgan fingerprint density at radius 3 is 2.78 bits per heavy atom. The van der Waals surface area contributed by atoms with Gasteiger partial charge in [-0.1, -0.05) is 15.9 Å². The van der Waals surface area contributed by atoms with Gasteiger partial charge in [0.15, 0.2) is 0 Å². The number of likely N-dealkylation sites (N-methyl/N-ethyl adjacent to an activating group) is 1. The van der Waals surface area contributed by atoms with E-state index < -0.39 is 24.0 Å². The number of rotatable bonds is 3. The monoisotopic (exact) mass is 435 g/mol. The normalized spacial score (nSPS) is 35.2. The molecule has 6 atom stereocenters. The first-order chi connectivity index (χ1) is 12.9. The first kappa shape index (κ1) is 18.7. The van der Waals surface area contributed by atoms with Gasteiger partial charge in [0.25, 0.3) is 0 Å². The Morgan fingerprint density at radius 1 is 1.44 bits per heavy atom. The van der Waals surface area contributed by atoms with E-state index in [1.54, 1.807) is 7.11 Å². The summed E-state index contributed by atoms with van der Waals surface area (Å²) in [7, 11) is 3.52. The maximum atomic E-state index is 11.9. The molecule has 0 aliphatic carbocycles. The number of nitrogens with zero attached hydrogens (tertiary/aromatic N) is 3. The van der Waals surface area contributed by atoms with Gasteiger partial charge in [-0.3, -0.25) is 14.6 Å². The molecule has 3 heterocycles. The van der Waals surface area contributed by atoms with Crippen molar-refractivity contribution in [3.05, 3.63) is 27.7 Å². The van der Waals surface area contributed by atoms with Gasteiger partial charge in [-0.2, -0.15) is 5.26 Å². The Morgan fingerprint density at radius 2 is 2.19 bits per heavy atom. The van der Waals surface area contributed by atoms with Gasteiger partial charge >= 0.3 is 5.97 Å². The maximum absolute atomic E-state index is 11.9. The van der Waals surface area contributed by atoms with Crippen molar-refractivity contribution < 1.29 is 19.7 Å². The molecule has 27 heavy (non-hydrogen) atoms. The minimum Gasteiger partial charge on any atom is -0.496 e. The van der Waals surface area contributed by atoms with E-state index in [0.29, 0.717) is 18.6 Å². The number of carboxylic acid groups (broad SMARTS) is 1. The predicted octanol–water partition coefficient (Wildman–Crippen LogP) is 1.40. The number of carbonyl (C=O) groups is 1. The van der Waals surface area contributed by atoms with Crippen molar-refractivity contribution in [3.63, 3.8) is 0 Å². The standard InChI is InChI=1S/C19H22BrN3O4/c1-22-12-6-10(19(25)26)18(22)13-5-9-11(20)3-4-16(27-2)17(9)15(8-24)23(13)14(12)7-21/h3-4,10,12-15,18,24H,5-6,8H2,1-2H3,(H,25,26)/t10-,12+,13+,14?,15+,18-/m1/s1. The Balaban J connectivity index is 1.90. The third-order valence-electron chi connectivity index (χ3n) is 6.57. The highest BCUT2D eigenvalue weighted by Gasteiger charge is 2.59. The van der Waals surface area contributed by atoms with Gasteiger partial charge in [-0.25, -0.2) is 0 Å². The Kier molecular flexibility index (Phi) is 4.67. The molecule has 1 aromatic rings. The van der Waals surface area contributed by atoms with Crippen molar-refractivity contribution in [2.45, 2.75) is 43.1 Å². The number of carboxylic acids is 1. The number of benzene rings is 1. The number of piperazine rings is 1. The van der Waals surface area contributed by atoms with Crippen LogP contribution in [0.2, 0.25) is 0 Å². The lowest BCUT2D eigenvalue weighted by atomic mass is 9.80. The van der Waals surface area contributed by atoms with Crippen LogP contribution in [0.25, 0.3) is 0 Å². The van der Waals surface area contributed by atoms with E-state index >= 15 is 0 Å². The summed E-state index contributed by atoms with van der Waals surface area (Å²) in [6, 6.07) is 4.78. The van der Waals surface area contributed by atoms with Crippen LogP contribution >= 0.6 is 15.9 Å². The molecule has 0 aromatic heterocycles. The Bertz CT molecular complexity index is 826. The predicted molar refractivity (Wildman–Crippen MR) is 100 cm³/mol. The van der Waals surface area contributed by atoms with Crippen LogP contribution in [-0.2, 0) is 11.2 Å². The maximum Gasteiger partial charge on any atom is 0.308 e. The molecule has 4 rings (SSSR count). The second-order valence-electron chi connectivity index (χ2n) is 7.54. The van der Waals surface area contributed by atoms with Crippen molar-refractivity contribution in [1.82, 2.24) is 9.80 Å². The van der Waals surface area contributed by atoms with Gasteiger partial charge in [0, 0.05) is 28.2 Å². The molecule has 7 nitrogen and oxygen atoms in total. The summed E-state index contributed by atoms with van der Waals surface area (Å²) in [5.74, 6) is -0.650. The first-order valence-corrected chi connectivity index (χ1v) is 9.81. The van der Waals surface area contributed by atoms with E-state index in [4.69, 9.17) is 4.74 Å². The number of nitriles is 1. The number of ether oxygens (including phenoxy) is 1. The fraction of sp³-hybridized carbons (Fsp3) is 0.579. The zero-order valence-corrected chi connectivity index (χ0v) is 16.8. The van der Waals surface area contributed by atoms with Gasteiger partial charge in [0.2, 0.25) is 0 Å². The lowest BCUT2D eigenvalue weighted by molar-refractivity contribution is -0.144.